The fraction of sp³-hybridized carbons (Fsp3) is 0.733. The quantitative estimate of drug-likeness (QED) is 0.831. The van der Waals surface area contributed by atoms with Gasteiger partial charge in [0.1, 0.15) is 0 Å². The summed E-state index contributed by atoms with van der Waals surface area (Å²) in [6, 6.07) is 2.95. The van der Waals surface area contributed by atoms with Crippen LogP contribution in [0.15, 0.2) is 16.8 Å². The zero-order valence-electron chi connectivity index (χ0n) is 11.3. The molecule has 1 aliphatic rings. The van der Waals surface area contributed by atoms with Gasteiger partial charge in [0.05, 0.1) is 0 Å². The van der Waals surface area contributed by atoms with E-state index in [1.54, 1.807) is 0 Å². The van der Waals surface area contributed by atoms with E-state index in [9.17, 15) is 0 Å². The van der Waals surface area contributed by atoms with E-state index >= 15 is 0 Å². The van der Waals surface area contributed by atoms with Gasteiger partial charge in [-0.3, -0.25) is 0 Å². The molecule has 1 aromatic rings. The first kappa shape index (κ1) is 13.1. The third-order valence-corrected chi connectivity index (χ3v) is 5.25. The minimum absolute atomic E-state index is 0.530. The molecule has 1 aliphatic carbocycles. The summed E-state index contributed by atoms with van der Waals surface area (Å²) in [5, 5.41) is 8.03. The Hall–Kier alpha value is -0.340. The minimum atomic E-state index is 0.530. The molecule has 1 heterocycles. The van der Waals surface area contributed by atoms with Crippen molar-refractivity contribution in [3.8, 4) is 0 Å². The van der Waals surface area contributed by atoms with Gasteiger partial charge in [-0.2, -0.15) is 11.3 Å². The van der Waals surface area contributed by atoms with E-state index in [2.05, 4.69) is 43.0 Å². The molecule has 1 saturated carbocycles. The maximum atomic E-state index is 3.57. The van der Waals surface area contributed by atoms with Crippen molar-refractivity contribution in [1.29, 1.82) is 0 Å². The van der Waals surface area contributed by atoms with Crippen LogP contribution < -0.4 is 5.32 Å². The molecule has 1 N–H and O–H groups in total. The van der Waals surface area contributed by atoms with Crippen molar-refractivity contribution in [3.63, 3.8) is 0 Å². The molecule has 0 aliphatic heterocycles. The maximum Gasteiger partial charge on any atom is 0.0101 e. The summed E-state index contributed by atoms with van der Waals surface area (Å²) in [4.78, 5) is 0. The van der Waals surface area contributed by atoms with Gasteiger partial charge >= 0.3 is 0 Å². The average molecular weight is 251 g/mol. The molecule has 0 amide bonds. The first-order valence-corrected chi connectivity index (χ1v) is 7.76. The highest BCUT2D eigenvalue weighted by molar-refractivity contribution is 7.07. The molecule has 1 nitrogen and oxygen atoms in total. The van der Waals surface area contributed by atoms with Crippen LogP contribution in [0.4, 0.5) is 0 Å². The van der Waals surface area contributed by atoms with Crippen LogP contribution in [0.5, 0.6) is 0 Å². The molecule has 1 fully saturated rings. The molecular weight excluding hydrogens is 226 g/mol. The van der Waals surface area contributed by atoms with Crippen molar-refractivity contribution in [2.24, 2.45) is 11.3 Å². The van der Waals surface area contributed by atoms with E-state index in [1.165, 1.54) is 37.7 Å². The molecule has 2 heteroatoms. The van der Waals surface area contributed by atoms with E-state index in [0.717, 1.165) is 5.92 Å². The molecular formula is C15H25NS. The lowest BCUT2D eigenvalue weighted by atomic mass is 9.76. The van der Waals surface area contributed by atoms with Gasteiger partial charge in [-0.05, 0) is 66.5 Å². The Balaban J connectivity index is 1.92. The highest BCUT2D eigenvalue weighted by Crippen LogP contribution is 2.45. The summed E-state index contributed by atoms with van der Waals surface area (Å²) < 4.78 is 0. The predicted molar refractivity (Wildman–Crippen MR) is 76.6 cm³/mol. The fourth-order valence-corrected chi connectivity index (χ4v) is 4.11. The first-order valence-electron chi connectivity index (χ1n) is 6.82. The molecule has 0 aromatic carbocycles. The van der Waals surface area contributed by atoms with E-state index in [-0.39, 0.29) is 0 Å². The van der Waals surface area contributed by atoms with Crippen molar-refractivity contribution in [1.82, 2.24) is 5.32 Å². The van der Waals surface area contributed by atoms with E-state index in [1.807, 2.05) is 11.3 Å². The van der Waals surface area contributed by atoms with Crippen LogP contribution in [0.2, 0.25) is 0 Å². The van der Waals surface area contributed by atoms with E-state index < -0.39 is 0 Å². The standard InChI is InChI=1S/C15H25NS/c1-15(2)9-4-5-13(15)14(16-3)7-6-12-8-10-17-11-12/h8,10-11,13-14,16H,4-7,9H2,1-3H3. The Morgan fingerprint density at radius 2 is 2.35 bits per heavy atom. The summed E-state index contributed by atoms with van der Waals surface area (Å²) in [5.74, 6) is 0.853. The van der Waals surface area contributed by atoms with Crippen molar-refractivity contribution >= 4 is 11.3 Å². The van der Waals surface area contributed by atoms with Gasteiger partial charge in [0.2, 0.25) is 0 Å². The molecule has 17 heavy (non-hydrogen) atoms. The van der Waals surface area contributed by atoms with E-state index in [4.69, 9.17) is 0 Å². The number of aryl methyl sites for hydroxylation is 1. The van der Waals surface area contributed by atoms with E-state index in [0.29, 0.717) is 11.5 Å². The number of thiophene rings is 1. The summed E-state index contributed by atoms with van der Waals surface area (Å²) in [5.41, 5.74) is 2.04. The maximum absolute atomic E-state index is 3.57. The third-order valence-electron chi connectivity index (χ3n) is 4.52. The molecule has 0 spiro atoms. The van der Waals surface area contributed by atoms with Crippen LogP contribution in [0.25, 0.3) is 0 Å². The first-order chi connectivity index (χ1) is 8.13. The zero-order valence-corrected chi connectivity index (χ0v) is 12.1. The van der Waals surface area contributed by atoms with Gasteiger partial charge in [0.15, 0.2) is 0 Å². The zero-order chi connectivity index (χ0) is 12.3. The van der Waals surface area contributed by atoms with Gasteiger partial charge in [0, 0.05) is 6.04 Å². The summed E-state index contributed by atoms with van der Waals surface area (Å²) in [6.07, 6.45) is 6.72. The van der Waals surface area contributed by atoms with Crippen LogP contribution in [0, 0.1) is 11.3 Å². The normalized spacial score (nSPS) is 25.0. The van der Waals surface area contributed by atoms with Crippen molar-refractivity contribution < 1.29 is 0 Å². The highest BCUT2D eigenvalue weighted by Gasteiger charge is 2.38. The Labute approximate surface area is 110 Å². The number of hydrogen-bond acceptors (Lipinski definition) is 2. The number of hydrogen-bond donors (Lipinski definition) is 1. The number of nitrogens with one attached hydrogen (secondary N) is 1. The lowest BCUT2D eigenvalue weighted by Gasteiger charge is -2.34. The van der Waals surface area contributed by atoms with Crippen LogP contribution in [0.1, 0.15) is 45.1 Å². The topological polar surface area (TPSA) is 12.0 Å². The average Bonchev–Trinajstić information content (AvgIpc) is 2.90. The minimum Gasteiger partial charge on any atom is -0.317 e. The Morgan fingerprint density at radius 3 is 2.88 bits per heavy atom. The van der Waals surface area contributed by atoms with Crippen molar-refractivity contribution in [2.45, 2.75) is 52.0 Å². The molecule has 2 rings (SSSR count). The lowest BCUT2D eigenvalue weighted by molar-refractivity contribution is 0.196. The molecule has 2 unspecified atom stereocenters. The Kier molecular flexibility index (Phi) is 4.26. The Morgan fingerprint density at radius 1 is 1.53 bits per heavy atom. The summed E-state index contributed by atoms with van der Waals surface area (Å²) >= 11 is 1.81. The van der Waals surface area contributed by atoms with Crippen LogP contribution in [-0.2, 0) is 6.42 Å². The van der Waals surface area contributed by atoms with Crippen LogP contribution in [0.3, 0.4) is 0 Å². The molecule has 0 radical (unpaired) electrons. The second-order valence-electron chi connectivity index (χ2n) is 6.05. The SMILES string of the molecule is CNC(CCc1ccsc1)C1CCCC1(C)C. The van der Waals surface area contributed by atoms with Crippen molar-refractivity contribution in [3.05, 3.63) is 22.4 Å². The summed E-state index contributed by atoms with van der Waals surface area (Å²) in [7, 11) is 2.13. The molecule has 0 bridgehead atoms. The monoisotopic (exact) mass is 251 g/mol. The van der Waals surface area contributed by atoms with Gasteiger partial charge in [0.25, 0.3) is 0 Å². The second-order valence-corrected chi connectivity index (χ2v) is 6.83. The van der Waals surface area contributed by atoms with Crippen molar-refractivity contribution in [2.75, 3.05) is 7.05 Å². The van der Waals surface area contributed by atoms with Gasteiger partial charge < -0.3 is 5.32 Å². The third kappa shape index (κ3) is 3.11. The molecule has 96 valence electrons. The second kappa shape index (κ2) is 5.53. The van der Waals surface area contributed by atoms with Crippen LogP contribution >= 0.6 is 11.3 Å². The molecule has 2 atom stereocenters. The summed E-state index contributed by atoms with van der Waals surface area (Å²) in [6.45, 7) is 4.89. The number of rotatable bonds is 5. The lowest BCUT2D eigenvalue weighted by Crippen LogP contribution is -2.39. The predicted octanol–water partition coefficient (Wildman–Crippen LogP) is 4.10. The molecule has 1 aromatic heterocycles. The fourth-order valence-electron chi connectivity index (χ4n) is 3.40. The highest BCUT2D eigenvalue weighted by atomic mass is 32.1. The van der Waals surface area contributed by atoms with Gasteiger partial charge in [-0.15, -0.1) is 0 Å². The van der Waals surface area contributed by atoms with Gasteiger partial charge in [-0.25, -0.2) is 0 Å². The Bertz CT molecular complexity index is 329. The van der Waals surface area contributed by atoms with Gasteiger partial charge in [-0.1, -0.05) is 20.3 Å². The smallest absolute Gasteiger partial charge is 0.0101 e. The largest absolute Gasteiger partial charge is 0.317 e. The van der Waals surface area contributed by atoms with Crippen LogP contribution in [-0.4, -0.2) is 13.1 Å². The molecule has 0 saturated heterocycles.